The number of carboxylic acids is 2. The number of benzene rings is 4. The third-order valence-electron chi connectivity index (χ3n) is 12.2. The second kappa shape index (κ2) is 19.6. The highest BCUT2D eigenvalue weighted by atomic mass is 35.5. The Morgan fingerprint density at radius 3 is 2.41 bits per heavy atom. The van der Waals surface area contributed by atoms with Gasteiger partial charge in [-0.1, -0.05) is 54.1 Å². The molecule has 0 saturated carbocycles. The number of ether oxygens (including phenoxy) is 1. The number of nitrogens with zero attached hydrogens (tertiary/aromatic N) is 2. The molecule has 2 fully saturated rings. The number of carbonyl (C=O) groups is 7. The first-order valence-corrected chi connectivity index (χ1v) is 24.7. The van der Waals surface area contributed by atoms with Gasteiger partial charge in [-0.3, -0.25) is 34.2 Å². The molecule has 0 bridgehead atoms. The van der Waals surface area contributed by atoms with E-state index in [1.165, 1.54) is 9.21 Å². The summed E-state index contributed by atoms with van der Waals surface area (Å²) >= 11 is 7.37. The Bertz CT molecular complexity index is 3070. The fourth-order valence-corrected chi connectivity index (χ4v) is 12.6. The predicted octanol–water partition coefficient (Wildman–Crippen LogP) is 6.37. The number of hydrogen-bond donors (Lipinski definition) is 6. The minimum absolute atomic E-state index is 0.0160. The average Bonchev–Trinajstić information content (AvgIpc) is 3.77. The highest BCUT2D eigenvalue weighted by molar-refractivity contribution is 7.88. The van der Waals surface area contributed by atoms with E-state index in [9.17, 15) is 47.1 Å². The summed E-state index contributed by atoms with van der Waals surface area (Å²) in [6.07, 6.45) is 0.981. The van der Waals surface area contributed by atoms with E-state index in [0.717, 1.165) is 22.3 Å². The monoisotopic (exact) mass is 998 g/mol. The van der Waals surface area contributed by atoms with Gasteiger partial charge in [0.05, 0.1) is 16.3 Å². The maximum absolute atomic E-state index is 14.0. The lowest BCUT2D eigenvalue weighted by Crippen LogP contribution is -2.55. The second-order valence-electron chi connectivity index (χ2n) is 17.6. The van der Waals surface area contributed by atoms with Crippen molar-refractivity contribution in [2.75, 3.05) is 28.7 Å². The Morgan fingerprint density at radius 1 is 0.928 bits per heavy atom. The molecule has 5 aromatic rings. The number of carboxylic acid groups (broad SMARTS) is 2. The number of sulfonamides is 1. The van der Waals surface area contributed by atoms with Crippen molar-refractivity contribution < 1.29 is 56.9 Å². The van der Waals surface area contributed by atoms with E-state index in [1.54, 1.807) is 66.7 Å². The van der Waals surface area contributed by atoms with Crippen LogP contribution in [-0.2, 0) is 46.3 Å². The Hall–Kier alpha value is -6.87. The van der Waals surface area contributed by atoms with Crippen LogP contribution >= 0.6 is 22.9 Å². The summed E-state index contributed by atoms with van der Waals surface area (Å²) in [4.78, 5) is 88.4. The molecule has 6 N–H and O–H groups in total. The van der Waals surface area contributed by atoms with Gasteiger partial charge in [0.2, 0.25) is 33.7 Å². The topological polar surface area (TPSA) is 258 Å². The lowest BCUT2D eigenvalue weighted by molar-refractivity contribution is -0.139. The van der Waals surface area contributed by atoms with Gasteiger partial charge >= 0.3 is 11.9 Å². The number of amides is 5. The van der Waals surface area contributed by atoms with Crippen LogP contribution in [0.1, 0.15) is 83.5 Å². The molecule has 0 radical (unpaired) electrons. The van der Waals surface area contributed by atoms with Crippen LogP contribution in [0.5, 0.6) is 5.75 Å². The standard InChI is InChI=1S/C48H47ClN6O12S2/c1-48(2)22-31(51-30-9-4-7-27(21-30)43-41(49)42(67-24-39(59)60)44(68-43)47(63)64)18-19-54(48)69(65,66)25-26-6-3-8-29(20-26)52-37(57)17-16-36(56)50-23-28-12-13-34-40-32(28)10-5-11-33(40)46(62)55(34)35-14-15-38(58)53-45(35)61/h3-13,20-21,31,35,51H,14-19,22-25H2,1-2H3,(H,50,56)(H,52,57)(H,59,60)(H,63,64)(H,53,58,61)/t31-,35?/m0/s1. The molecule has 69 heavy (non-hydrogen) atoms. The van der Waals surface area contributed by atoms with E-state index in [0.29, 0.717) is 56.9 Å². The molecule has 3 aliphatic heterocycles. The molecule has 1 unspecified atom stereocenters. The fraction of sp³-hybridized carbons (Fsp3) is 0.312. The maximum atomic E-state index is 14.0. The Balaban J connectivity index is 0.832. The molecular formula is C48H47ClN6O12S2. The van der Waals surface area contributed by atoms with E-state index in [2.05, 4.69) is 21.3 Å². The molecule has 0 aliphatic carbocycles. The predicted molar refractivity (Wildman–Crippen MR) is 258 cm³/mol. The number of hydrogen-bond acceptors (Lipinski definition) is 12. The molecule has 0 spiro atoms. The van der Waals surface area contributed by atoms with E-state index < -0.39 is 52.0 Å². The minimum atomic E-state index is -3.85. The summed E-state index contributed by atoms with van der Waals surface area (Å²) in [6.45, 7) is 3.28. The van der Waals surface area contributed by atoms with Crippen molar-refractivity contribution in [2.24, 2.45) is 0 Å². The van der Waals surface area contributed by atoms with Gasteiger partial charge in [0.25, 0.3) is 5.91 Å². The van der Waals surface area contributed by atoms with Gasteiger partial charge < -0.3 is 30.9 Å². The molecule has 1 aromatic heterocycles. The lowest BCUT2D eigenvalue weighted by Gasteiger charge is -2.45. The Morgan fingerprint density at radius 2 is 1.67 bits per heavy atom. The number of carbonyl (C=O) groups excluding carboxylic acids is 5. The molecule has 2 saturated heterocycles. The molecule has 360 valence electrons. The minimum Gasteiger partial charge on any atom is -0.479 e. The summed E-state index contributed by atoms with van der Waals surface area (Å²) in [5, 5.41) is 31.5. The van der Waals surface area contributed by atoms with E-state index >= 15 is 0 Å². The summed E-state index contributed by atoms with van der Waals surface area (Å²) in [6, 6.07) is 21.4. The number of nitrogens with one attached hydrogen (secondary N) is 4. The zero-order chi connectivity index (χ0) is 49.4. The third kappa shape index (κ3) is 10.4. The van der Waals surface area contributed by atoms with Crippen molar-refractivity contribution in [1.29, 1.82) is 0 Å². The van der Waals surface area contributed by atoms with Gasteiger partial charge in [0.15, 0.2) is 17.2 Å². The van der Waals surface area contributed by atoms with Crippen LogP contribution in [0.15, 0.2) is 78.9 Å². The van der Waals surface area contributed by atoms with Crippen molar-refractivity contribution >= 4 is 102 Å². The first-order valence-electron chi connectivity index (χ1n) is 21.9. The van der Waals surface area contributed by atoms with Gasteiger partial charge in [-0.25, -0.2) is 18.0 Å². The SMILES string of the molecule is CC1(C)C[C@@H](Nc2cccc(-c3sc(C(=O)O)c(OCC(=O)O)c3Cl)c2)CCN1S(=O)(=O)Cc1cccc(NC(=O)CCC(=O)NCc2ccc3c4c(cccc24)C(=O)N3C2CCC(=O)NC2=O)c1. The van der Waals surface area contributed by atoms with E-state index in [1.807, 2.05) is 26.0 Å². The molecule has 21 heteroatoms. The highest BCUT2D eigenvalue weighted by Gasteiger charge is 2.43. The number of halogens is 1. The summed E-state index contributed by atoms with van der Waals surface area (Å²) < 4.78 is 34.6. The van der Waals surface area contributed by atoms with Gasteiger partial charge in [-0.2, -0.15) is 4.31 Å². The lowest BCUT2D eigenvalue weighted by atomic mass is 9.89. The normalized spacial score (nSPS) is 17.9. The number of anilines is 3. The molecule has 4 aromatic carbocycles. The number of aliphatic carboxylic acids is 1. The fourth-order valence-electron chi connectivity index (χ4n) is 9.21. The molecule has 3 aliphatic rings. The smallest absolute Gasteiger partial charge is 0.349 e. The van der Waals surface area contributed by atoms with Gasteiger partial charge in [0, 0.05) is 66.3 Å². The number of imide groups is 1. The summed E-state index contributed by atoms with van der Waals surface area (Å²) in [5.41, 5.74) is 3.01. The van der Waals surface area contributed by atoms with E-state index in [4.69, 9.17) is 21.4 Å². The van der Waals surface area contributed by atoms with Crippen molar-refractivity contribution in [3.63, 3.8) is 0 Å². The van der Waals surface area contributed by atoms with Crippen molar-refractivity contribution in [2.45, 2.75) is 82.3 Å². The van der Waals surface area contributed by atoms with Gasteiger partial charge in [0.1, 0.15) is 11.1 Å². The van der Waals surface area contributed by atoms with Crippen molar-refractivity contribution in [3.05, 3.63) is 105 Å². The zero-order valence-electron chi connectivity index (χ0n) is 37.3. The molecule has 2 atom stereocenters. The molecular weight excluding hydrogens is 952 g/mol. The Labute approximate surface area is 405 Å². The molecule has 4 heterocycles. The van der Waals surface area contributed by atoms with Gasteiger partial charge in [-0.15, -0.1) is 11.3 Å². The van der Waals surface area contributed by atoms with Crippen LogP contribution in [0, 0.1) is 0 Å². The third-order valence-corrected chi connectivity index (χ3v) is 16.0. The zero-order valence-corrected chi connectivity index (χ0v) is 39.7. The number of piperidine rings is 2. The van der Waals surface area contributed by atoms with Crippen LogP contribution in [0.3, 0.4) is 0 Å². The first-order chi connectivity index (χ1) is 32.8. The highest BCUT2D eigenvalue weighted by Crippen LogP contribution is 2.46. The number of thiophene rings is 1. The van der Waals surface area contributed by atoms with Crippen LogP contribution in [-0.4, -0.2) is 95.2 Å². The second-order valence-corrected chi connectivity index (χ2v) is 20.9. The van der Waals surface area contributed by atoms with Crippen LogP contribution in [0.25, 0.3) is 21.2 Å². The van der Waals surface area contributed by atoms with Crippen LogP contribution < -0.4 is 30.9 Å². The average molecular weight is 1000 g/mol. The van der Waals surface area contributed by atoms with Crippen molar-refractivity contribution in [3.8, 4) is 16.2 Å². The van der Waals surface area contributed by atoms with E-state index in [-0.39, 0.29) is 83.9 Å². The molecule has 8 rings (SSSR count). The first kappa shape index (κ1) is 48.6. The summed E-state index contributed by atoms with van der Waals surface area (Å²) in [7, 11) is -3.85. The summed E-state index contributed by atoms with van der Waals surface area (Å²) in [5.74, 6) is -5.20. The molecule has 5 amide bonds. The molecule has 18 nitrogen and oxygen atoms in total. The maximum Gasteiger partial charge on any atom is 0.349 e. The number of rotatable bonds is 17. The quantitative estimate of drug-likeness (QED) is 0.0555. The van der Waals surface area contributed by atoms with Crippen molar-refractivity contribution in [1.82, 2.24) is 14.9 Å². The number of aromatic carboxylic acids is 1. The van der Waals surface area contributed by atoms with Crippen LogP contribution in [0.2, 0.25) is 5.02 Å². The van der Waals surface area contributed by atoms with Gasteiger partial charge in [-0.05, 0) is 91.6 Å². The van der Waals surface area contributed by atoms with Crippen LogP contribution in [0.4, 0.5) is 17.1 Å². The largest absolute Gasteiger partial charge is 0.479 e. The Kier molecular flexibility index (Phi) is 13.8.